The molecule has 8 heteroatoms. The van der Waals surface area contributed by atoms with Gasteiger partial charge in [-0.05, 0) is 30.0 Å². The van der Waals surface area contributed by atoms with Crippen molar-refractivity contribution in [3.8, 4) is 0 Å². The smallest absolute Gasteiger partial charge is 0.309 e. The molecule has 1 aliphatic rings. The maximum Gasteiger partial charge on any atom is 0.309 e. The number of nitrogens with one attached hydrogen (secondary N) is 3. The summed E-state index contributed by atoms with van der Waals surface area (Å²) in [6.07, 6.45) is 0. The van der Waals surface area contributed by atoms with Gasteiger partial charge in [-0.2, -0.15) is 0 Å². The summed E-state index contributed by atoms with van der Waals surface area (Å²) in [6, 6.07) is 11.2. The second-order valence-corrected chi connectivity index (χ2v) is 8.19. The highest BCUT2D eigenvalue weighted by molar-refractivity contribution is 7.10. The fraction of sp³-hybridized carbons (Fsp3) is 0.400. The van der Waals surface area contributed by atoms with Crippen LogP contribution in [0.2, 0.25) is 5.02 Å². The Labute approximate surface area is 173 Å². The van der Waals surface area contributed by atoms with E-state index in [-0.39, 0.29) is 18.6 Å². The van der Waals surface area contributed by atoms with Crippen LogP contribution in [-0.2, 0) is 20.9 Å². The first-order valence-electron chi connectivity index (χ1n) is 9.34. The van der Waals surface area contributed by atoms with Gasteiger partial charge in [-0.3, -0.25) is 9.59 Å². The second-order valence-electron chi connectivity index (χ2n) is 6.80. The van der Waals surface area contributed by atoms with E-state index in [0.29, 0.717) is 18.2 Å². The third-order valence-corrected chi connectivity index (χ3v) is 6.21. The molecule has 0 aliphatic carbocycles. The van der Waals surface area contributed by atoms with E-state index >= 15 is 0 Å². The standard InChI is InChI=1S/C20H24ClN3O3S/c1-14(18(17-7-4-12-28-17)24-8-10-27-11-9-24)23-20(26)19(25)22-13-15-5-2-3-6-16(15)21/h2-7,12,14,18H,8-11,13H2,1H3,(H,22,25)(H,23,26)/p+1/t14-,18-/m1/s1. The van der Waals surface area contributed by atoms with Crippen LogP contribution >= 0.6 is 22.9 Å². The van der Waals surface area contributed by atoms with E-state index in [1.54, 1.807) is 17.4 Å². The third-order valence-electron chi connectivity index (χ3n) is 4.89. The van der Waals surface area contributed by atoms with Crippen molar-refractivity contribution in [1.29, 1.82) is 0 Å². The summed E-state index contributed by atoms with van der Waals surface area (Å²) in [6.45, 7) is 5.32. The molecular weight excluding hydrogens is 398 g/mol. The van der Waals surface area contributed by atoms with E-state index < -0.39 is 11.8 Å². The lowest BCUT2D eigenvalue weighted by molar-refractivity contribution is -0.939. The van der Waals surface area contributed by atoms with Crippen molar-refractivity contribution in [1.82, 2.24) is 10.6 Å². The highest BCUT2D eigenvalue weighted by atomic mass is 35.5. The van der Waals surface area contributed by atoms with Gasteiger partial charge in [-0.1, -0.05) is 35.9 Å². The topological polar surface area (TPSA) is 71.9 Å². The van der Waals surface area contributed by atoms with Gasteiger partial charge in [0.2, 0.25) is 0 Å². The number of carbonyl (C=O) groups is 2. The van der Waals surface area contributed by atoms with Crippen molar-refractivity contribution in [3.63, 3.8) is 0 Å². The molecule has 0 unspecified atom stereocenters. The first kappa shape index (κ1) is 20.8. The number of halogens is 1. The molecule has 1 aromatic carbocycles. The summed E-state index contributed by atoms with van der Waals surface area (Å²) in [5.74, 6) is -1.29. The zero-order valence-corrected chi connectivity index (χ0v) is 17.3. The van der Waals surface area contributed by atoms with Crippen molar-refractivity contribution in [3.05, 3.63) is 57.2 Å². The van der Waals surface area contributed by atoms with E-state index in [1.165, 1.54) is 9.78 Å². The number of benzene rings is 1. The molecule has 0 saturated carbocycles. The molecule has 1 fully saturated rings. The summed E-state index contributed by atoms with van der Waals surface area (Å²) in [7, 11) is 0. The van der Waals surface area contributed by atoms with Crippen molar-refractivity contribution < 1.29 is 19.2 Å². The Morgan fingerprint density at radius 1 is 1.18 bits per heavy atom. The molecule has 2 aromatic rings. The molecule has 1 saturated heterocycles. The van der Waals surface area contributed by atoms with E-state index in [0.717, 1.165) is 18.7 Å². The molecule has 1 aromatic heterocycles. The van der Waals surface area contributed by atoms with Crippen molar-refractivity contribution in [2.75, 3.05) is 26.3 Å². The molecule has 2 amide bonds. The van der Waals surface area contributed by atoms with Crippen molar-refractivity contribution in [2.24, 2.45) is 0 Å². The van der Waals surface area contributed by atoms with Gasteiger partial charge in [0.25, 0.3) is 0 Å². The van der Waals surface area contributed by atoms with Gasteiger partial charge in [0.15, 0.2) is 0 Å². The number of rotatable bonds is 6. The highest BCUT2D eigenvalue weighted by Crippen LogP contribution is 2.20. The minimum absolute atomic E-state index is 0.0872. The molecule has 0 bridgehead atoms. The predicted octanol–water partition coefficient (Wildman–Crippen LogP) is 1.18. The average molecular weight is 423 g/mol. The van der Waals surface area contributed by atoms with Crippen LogP contribution < -0.4 is 15.5 Å². The van der Waals surface area contributed by atoms with Crippen LogP contribution in [0.25, 0.3) is 0 Å². The number of hydrogen-bond acceptors (Lipinski definition) is 4. The number of amides is 2. The molecule has 2 heterocycles. The third kappa shape index (κ3) is 5.32. The molecule has 28 heavy (non-hydrogen) atoms. The first-order chi connectivity index (χ1) is 13.6. The van der Waals surface area contributed by atoms with Gasteiger partial charge in [-0.15, -0.1) is 11.3 Å². The normalized spacial score (nSPS) is 16.9. The van der Waals surface area contributed by atoms with Gasteiger partial charge in [0.05, 0.1) is 24.1 Å². The summed E-state index contributed by atoms with van der Waals surface area (Å²) in [5.41, 5.74) is 0.771. The quantitative estimate of drug-likeness (QED) is 0.612. The molecule has 6 nitrogen and oxygen atoms in total. The SMILES string of the molecule is C[C@@H](NC(=O)C(=O)NCc1ccccc1Cl)[C@H](c1cccs1)[NH+]1CCOCC1. The van der Waals surface area contributed by atoms with Crippen LogP contribution in [0.3, 0.4) is 0 Å². The number of ether oxygens (including phenoxy) is 1. The molecule has 150 valence electrons. The van der Waals surface area contributed by atoms with E-state index in [1.807, 2.05) is 36.6 Å². The largest absolute Gasteiger partial charge is 0.370 e. The van der Waals surface area contributed by atoms with Crippen LogP contribution in [0.5, 0.6) is 0 Å². The Morgan fingerprint density at radius 3 is 2.61 bits per heavy atom. The van der Waals surface area contributed by atoms with Gasteiger partial charge in [0, 0.05) is 11.6 Å². The van der Waals surface area contributed by atoms with Crippen LogP contribution in [0.15, 0.2) is 41.8 Å². The Morgan fingerprint density at radius 2 is 1.93 bits per heavy atom. The average Bonchev–Trinajstić information content (AvgIpc) is 3.22. The minimum atomic E-state index is -0.659. The number of carbonyl (C=O) groups excluding carboxylic acids is 2. The second kappa shape index (κ2) is 10.0. The van der Waals surface area contributed by atoms with E-state index in [4.69, 9.17) is 16.3 Å². The Balaban J connectivity index is 1.60. The number of morpholine rings is 1. The molecule has 1 aliphatic heterocycles. The van der Waals surface area contributed by atoms with Crippen molar-refractivity contribution in [2.45, 2.75) is 25.6 Å². The van der Waals surface area contributed by atoms with E-state index in [2.05, 4.69) is 16.7 Å². The van der Waals surface area contributed by atoms with Gasteiger partial charge >= 0.3 is 11.8 Å². The molecule has 0 spiro atoms. The van der Waals surface area contributed by atoms with Gasteiger partial charge in [0.1, 0.15) is 19.1 Å². The highest BCUT2D eigenvalue weighted by Gasteiger charge is 2.33. The fourth-order valence-corrected chi connectivity index (χ4v) is 4.66. The maximum atomic E-state index is 12.4. The summed E-state index contributed by atoms with van der Waals surface area (Å²) in [5, 5.41) is 8.11. The molecule has 3 N–H and O–H groups in total. The van der Waals surface area contributed by atoms with Crippen LogP contribution in [-0.4, -0.2) is 44.2 Å². The Hall–Kier alpha value is -1.93. The first-order valence-corrected chi connectivity index (χ1v) is 10.6. The Kier molecular flexibility index (Phi) is 7.44. The fourth-order valence-electron chi connectivity index (χ4n) is 3.47. The molecule has 3 rings (SSSR count). The maximum absolute atomic E-state index is 12.4. The lowest BCUT2D eigenvalue weighted by Crippen LogP contribution is -3.15. The number of thiophene rings is 1. The van der Waals surface area contributed by atoms with Gasteiger partial charge < -0.3 is 20.3 Å². The van der Waals surface area contributed by atoms with Gasteiger partial charge in [-0.25, -0.2) is 0 Å². The predicted molar refractivity (Wildman–Crippen MR) is 109 cm³/mol. The summed E-state index contributed by atoms with van der Waals surface area (Å²) < 4.78 is 5.47. The number of quaternary nitrogens is 1. The molecule has 0 radical (unpaired) electrons. The van der Waals surface area contributed by atoms with Crippen LogP contribution in [0.1, 0.15) is 23.4 Å². The minimum Gasteiger partial charge on any atom is -0.370 e. The lowest BCUT2D eigenvalue weighted by Gasteiger charge is -2.34. The summed E-state index contributed by atoms with van der Waals surface area (Å²) >= 11 is 7.76. The van der Waals surface area contributed by atoms with Crippen LogP contribution in [0, 0.1) is 0 Å². The molecular formula is C20H25ClN3O3S+. The molecule has 2 atom stereocenters. The zero-order chi connectivity index (χ0) is 19.9. The Bertz CT molecular complexity index is 794. The zero-order valence-electron chi connectivity index (χ0n) is 15.7. The van der Waals surface area contributed by atoms with Crippen LogP contribution in [0.4, 0.5) is 0 Å². The van der Waals surface area contributed by atoms with E-state index in [9.17, 15) is 9.59 Å². The summed E-state index contributed by atoms with van der Waals surface area (Å²) in [4.78, 5) is 27.2. The monoisotopic (exact) mass is 422 g/mol. The number of hydrogen-bond donors (Lipinski definition) is 3. The van der Waals surface area contributed by atoms with Crippen molar-refractivity contribution >= 4 is 34.8 Å². The lowest BCUT2D eigenvalue weighted by atomic mass is 10.1.